The van der Waals surface area contributed by atoms with Crippen LogP contribution in [0.25, 0.3) is 0 Å². The van der Waals surface area contributed by atoms with E-state index < -0.39 is 0 Å². The number of aryl methyl sites for hydroxylation is 1. The van der Waals surface area contributed by atoms with E-state index in [0.29, 0.717) is 0 Å². The Balaban J connectivity index is 2.84. The molecule has 8 heavy (non-hydrogen) atoms. The van der Waals surface area contributed by atoms with E-state index in [9.17, 15) is 0 Å². The minimum Gasteiger partial charge on any atom is -0.275 e. The predicted molar refractivity (Wildman–Crippen MR) is 35.0 cm³/mol. The fraction of sp³-hybridized carbons (Fsp3) is 0.400. The lowest BCUT2D eigenvalue weighted by Crippen LogP contribution is -1.85. The predicted octanol–water partition coefficient (Wildman–Crippen LogP) is 1.14. The van der Waals surface area contributed by atoms with Gasteiger partial charge >= 0.3 is 0 Å². The second-order valence-electron chi connectivity index (χ2n) is 1.53. The van der Waals surface area contributed by atoms with Gasteiger partial charge in [-0.15, -0.1) is 11.8 Å². The van der Waals surface area contributed by atoms with Crippen molar-refractivity contribution in [3.05, 3.63) is 12.3 Å². The van der Waals surface area contributed by atoms with Gasteiger partial charge in [-0.2, -0.15) is 5.10 Å². The van der Waals surface area contributed by atoms with Crippen LogP contribution in [-0.4, -0.2) is 16.0 Å². The lowest BCUT2D eigenvalue weighted by atomic mass is 10.7. The standard InChI is InChI=1S/C5H8N2S/c1-7-4-3-5(6-7)8-2/h3-4H,1-2H3. The van der Waals surface area contributed by atoms with Crippen LogP contribution < -0.4 is 0 Å². The van der Waals surface area contributed by atoms with Crippen LogP contribution in [0.5, 0.6) is 0 Å². The molecule has 0 aliphatic heterocycles. The van der Waals surface area contributed by atoms with Crippen LogP contribution >= 0.6 is 11.8 Å². The third-order valence-electron chi connectivity index (χ3n) is 0.898. The fourth-order valence-corrected chi connectivity index (χ4v) is 0.910. The highest BCUT2D eigenvalue weighted by atomic mass is 32.2. The van der Waals surface area contributed by atoms with Crippen molar-refractivity contribution in [2.75, 3.05) is 6.26 Å². The molecule has 1 rings (SSSR count). The largest absolute Gasteiger partial charge is 0.275 e. The smallest absolute Gasteiger partial charge is 0.118 e. The lowest BCUT2D eigenvalue weighted by Gasteiger charge is -1.83. The molecule has 0 aliphatic carbocycles. The summed E-state index contributed by atoms with van der Waals surface area (Å²) >= 11 is 1.66. The van der Waals surface area contributed by atoms with Crippen molar-refractivity contribution >= 4 is 11.8 Å². The van der Waals surface area contributed by atoms with Crippen molar-refractivity contribution in [3.8, 4) is 0 Å². The number of thioether (sulfide) groups is 1. The lowest BCUT2D eigenvalue weighted by molar-refractivity contribution is 0.738. The average molecular weight is 128 g/mol. The molecule has 0 saturated heterocycles. The molecule has 0 amide bonds. The van der Waals surface area contributed by atoms with Gasteiger partial charge in [-0.25, -0.2) is 0 Å². The van der Waals surface area contributed by atoms with Crippen molar-refractivity contribution in [3.63, 3.8) is 0 Å². The molecule has 0 radical (unpaired) electrons. The molecule has 1 heterocycles. The topological polar surface area (TPSA) is 17.8 Å². The molecule has 0 saturated carbocycles. The Morgan fingerprint density at radius 2 is 2.50 bits per heavy atom. The summed E-state index contributed by atoms with van der Waals surface area (Å²) in [5.41, 5.74) is 0. The summed E-state index contributed by atoms with van der Waals surface area (Å²) in [5, 5.41) is 5.19. The van der Waals surface area contributed by atoms with Crippen molar-refractivity contribution in [1.29, 1.82) is 0 Å². The highest BCUT2D eigenvalue weighted by molar-refractivity contribution is 7.98. The zero-order chi connectivity index (χ0) is 5.98. The molecule has 0 atom stereocenters. The minimum absolute atomic E-state index is 1.08. The van der Waals surface area contributed by atoms with Crippen molar-refractivity contribution < 1.29 is 0 Å². The maximum absolute atomic E-state index is 4.11. The number of aromatic nitrogens is 2. The summed E-state index contributed by atoms with van der Waals surface area (Å²) in [6.07, 6.45) is 3.95. The first-order chi connectivity index (χ1) is 3.83. The Morgan fingerprint density at radius 3 is 2.75 bits per heavy atom. The van der Waals surface area contributed by atoms with E-state index in [1.54, 1.807) is 16.4 Å². The summed E-state index contributed by atoms with van der Waals surface area (Å²) in [5.74, 6) is 0. The average Bonchev–Trinajstić information content (AvgIpc) is 2.14. The van der Waals surface area contributed by atoms with Gasteiger partial charge in [0.15, 0.2) is 0 Å². The van der Waals surface area contributed by atoms with E-state index in [1.165, 1.54) is 0 Å². The highest BCUT2D eigenvalue weighted by Gasteiger charge is 1.88. The summed E-state index contributed by atoms with van der Waals surface area (Å²) in [6, 6.07) is 1.99. The van der Waals surface area contributed by atoms with Gasteiger partial charge in [-0.05, 0) is 12.3 Å². The van der Waals surface area contributed by atoms with Crippen molar-refractivity contribution in [2.24, 2.45) is 7.05 Å². The van der Waals surface area contributed by atoms with Gasteiger partial charge < -0.3 is 0 Å². The van der Waals surface area contributed by atoms with Crippen LogP contribution in [0.3, 0.4) is 0 Å². The first kappa shape index (κ1) is 5.69. The van der Waals surface area contributed by atoms with Crippen molar-refractivity contribution in [2.45, 2.75) is 5.03 Å². The molecule has 1 aromatic rings. The Hall–Kier alpha value is -0.440. The Bertz CT molecular complexity index is 171. The quantitative estimate of drug-likeness (QED) is 0.528. The number of hydrogen-bond acceptors (Lipinski definition) is 2. The summed E-state index contributed by atoms with van der Waals surface area (Å²) in [6.45, 7) is 0. The molecular weight excluding hydrogens is 120 g/mol. The molecule has 0 aliphatic rings. The number of nitrogens with zero attached hydrogens (tertiary/aromatic N) is 2. The van der Waals surface area contributed by atoms with Gasteiger partial charge in [0.1, 0.15) is 5.03 Å². The molecule has 0 bridgehead atoms. The van der Waals surface area contributed by atoms with Crippen LogP contribution in [0.2, 0.25) is 0 Å². The molecule has 0 aromatic carbocycles. The molecule has 44 valence electrons. The minimum atomic E-state index is 1.08. The van der Waals surface area contributed by atoms with Gasteiger partial charge in [-0.1, -0.05) is 0 Å². The van der Waals surface area contributed by atoms with Crippen molar-refractivity contribution in [1.82, 2.24) is 9.78 Å². The third-order valence-corrected chi connectivity index (χ3v) is 1.53. The summed E-state index contributed by atoms with van der Waals surface area (Å²) < 4.78 is 1.80. The first-order valence-corrected chi connectivity index (χ1v) is 3.59. The maximum Gasteiger partial charge on any atom is 0.118 e. The first-order valence-electron chi connectivity index (χ1n) is 2.36. The number of rotatable bonds is 1. The molecule has 2 nitrogen and oxygen atoms in total. The third kappa shape index (κ3) is 1.04. The maximum atomic E-state index is 4.11. The normalized spacial score (nSPS) is 9.75. The molecule has 0 unspecified atom stereocenters. The molecule has 3 heteroatoms. The molecule has 0 spiro atoms. The van der Waals surface area contributed by atoms with Gasteiger partial charge in [-0.3, -0.25) is 4.68 Å². The fourth-order valence-electron chi connectivity index (χ4n) is 0.503. The van der Waals surface area contributed by atoms with E-state index in [-0.39, 0.29) is 0 Å². The monoisotopic (exact) mass is 128 g/mol. The van der Waals surface area contributed by atoms with Gasteiger partial charge in [0.05, 0.1) is 0 Å². The van der Waals surface area contributed by atoms with Crippen LogP contribution in [0.4, 0.5) is 0 Å². The SMILES string of the molecule is CSc1ccn(C)n1. The molecule has 1 aromatic heterocycles. The molecule has 0 N–H and O–H groups in total. The second kappa shape index (κ2) is 2.22. The Morgan fingerprint density at radius 1 is 1.75 bits per heavy atom. The highest BCUT2D eigenvalue weighted by Crippen LogP contribution is 2.08. The van der Waals surface area contributed by atoms with E-state index in [1.807, 2.05) is 25.6 Å². The van der Waals surface area contributed by atoms with Crippen LogP contribution in [-0.2, 0) is 7.05 Å². The van der Waals surface area contributed by atoms with Gasteiger partial charge in [0, 0.05) is 13.2 Å². The molecule has 0 fully saturated rings. The zero-order valence-corrected chi connectivity index (χ0v) is 5.77. The Labute approximate surface area is 52.9 Å². The van der Waals surface area contributed by atoms with E-state index in [0.717, 1.165) is 5.03 Å². The van der Waals surface area contributed by atoms with Gasteiger partial charge in [0.2, 0.25) is 0 Å². The number of hydrogen-bond donors (Lipinski definition) is 0. The van der Waals surface area contributed by atoms with E-state index >= 15 is 0 Å². The zero-order valence-electron chi connectivity index (χ0n) is 4.96. The van der Waals surface area contributed by atoms with E-state index in [4.69, 9.17) is 0 Å². The van der Waals surface area contributed by atoms with Gasteiger partial charge in [0.25, 0.3) is 0 Å². The van der Waals surface area contributed by atoms with Crippen LogP contribution in [0.1, 0.15) is 0 Å². The Kier molecular flexibility index (Phi) is 1.58. The van der Waals surface area contributed by atoms with Crippen LogP contribution in [0.15, 0.2) is 17.3 Å². The summed E-state index contributed by atoms with van der Waals surface area (Å²) in [4.78, 5) is 0. The second-order valence-corrected chi connectivity index (χ2v) is 2.36. The van der Waals surface area contributed by atoms with E-state index in [2.05, 4.69) is 5.10 Å². The van der Waals surface area contributed by atoms with Crippen LogP contribution in [0, 0.1) is 0 Å². The molecular formula is C5H8N2S. The summed E-state index contributed by atoms with van der Waals surface area (Å²) in [7, 11) is 1.92.